The van der Waals surface area contributed by atoms with E-state index in [1.54, 1.807) is 0 Å². The monoisotopic (exact) mass is 302 g/mol. The summed E-state index contributed by atoms with van der Waals surface area (Å²) in [5, 5.41) is 0. The average molecular weight is 302 g/mol. The molecule has 1 aliphatic carbocycles. The van der Waals surface area contributed by atoms with Crippen molar-refractivity contribution in [2.75, 3.05) is 36.5 Å². The molecule has 1 aromatic rings. The van der Waals surface area contributed by atoms with E-state index in [1.165, 1.54) is 36.3 Å². The quantitative estimate of drug-likeness (QED) is 0.857. The summed E-state index contributed by atoms with van der Waals surface area (Å²) in [5.41, 5.74) is 2.86. The molecule has 2 fully saturated rings. The maximum absolute atomic E-state index is 12.8. The Hall–Kier alpha value is -1.00. The van der Waals surface area contributed by atoms with Gasteiger partial charge in [0.15, 0.2) is 0 Å². The van der Waals surface area contributed by atoms with Gasteiger partial charge in [-0.2, -0.15) is 11.8 Å². The number of hydrogen-bond acceptors (Lipinski definition) is 3. The third-order valence-electron chi connectivity index (χ3n) is 5.30. The molecule has 2 heterocycles. The summed E-state index contributed by atoms with van der Waals surface area (Å²) in [6.45, 7) is 1.45. The lowest BCUT2D eigenvalue weighted by molar-refractivity contribution is -0.119. The van der Waals surface area contributed by atoms with Crippen LogP contribution in [0.1, 0.15) is 24.8 Å². The first kappa shape index (κ1) is 13.6. The highest BCUT2D eigenvalue weighted by molar-refractivity contribution is 7.99. The van der Waals surface area contributed by atoms with E-state index < -0.39 is 0 Å². The summed E-state index contributed by atoms with van der Waals surface area (Å²) >= 11 is 2.00. The molecule has 112 valence electrons. The normalized spacial score (nSPS) is 25.6. The molecule has 2 aliphatic heterocycles. The van der Waals surface area contributed by atoms with Crippen LogP contribution < -0.4 is 4.90 Å². The number of thioether (sulfide) groups is 1. The highest BCUT2D eigenvalue weighted by Crippen LogP contribution is 2.56. The van der Waals surface area contributed by atoms with Gasteiger partial charge in [-0.1, -0.05) is 18.2 Å². The third-order valence-corrected chi connectivity index (χ3v) is 6.44. The maximum atomic E-state index is 12.8. The van der Waals surface area contributed by atoms with E-state index in [-0.39, 0.29) is 5.91 Å². The molecular weight excluding hydrogens is 280 g/mol. The fourth-order valence-electron chi connectivity index (χ4n) is 3.73. The minimum absolute atomic E-state index is 0.269. The molecule has 1 spiro atoms. The van der Waals surface area contributed by atoms with E-state index in [9.17, 15) is 4.79 Å². The molecule has 1 saturated heterocycles. The van der Waals surface area contributed by atoms with E-state index in [0.29, 0.717) is 18.0 Å². The first-order chi connectivity index (χ1) is 10.2. The van der Waals surface area contributed by atoms with Gasteiger partial charge in [0, 0.05) is 29.4 Å². The molecule has 0 bridgehead atoms. The maximum Gasteiger partial charge on any atom is 0.241 e. The van der Waals surface area contributed by atoms with Crippen molar-refractivity contribution in [1.29, 1.82) is 0 Å². The number of amides is 1. The van der Waals surface area contributed by atoms with Crippen molar-refractivity contribution in [3.63, 3.8) is 0 Å². The van der Waals surface area contributed by atoms with Crippen molar-refractivity contribution in [1.82, 2.24) is 4.90 Å². The number of rotatable bonds is 3. The van der Waals surface area contributed by atoms with E-state index in [2.05, 4.69) is 36.2 Å². The zero-order valence-corrected chi connectivity index (χ0v) is 13.4. The molecule has 4 rings (SSSR count). The fourth-order valence-corrected chi connectivity index (χ4v) is 5.03. The van der Waals surface area contributed by atoms with Crippen molar-refractivity contribution in [3.8, 4) is 0 Å². The molecule has 3 aliphatic rings. The SMILES string of the molecule is CN(CC(=O)N1CC2(CC2)c2ccccc21)[C@@H]1CCSC1. The van der Waals surface area contributed by atoms with Gasteiger partial charge in [0.1, 0.15) is 0 Å². The van der Waals surface area contributed by atoms with Gasteiger partial charge in [0.25, 0.3) is 0 Å². The Balaban J connectivity index is 1.50. The molecule has 0 radical (unpaired) electrons. The average Bonchev–Trinajstić information content (AvgIpc) is 2.95. The molecule has 0 N–H and O–H groups in total. The van der Waals surface area contributed by atoms with Gasteiger partial charge in [-0.3, -0.25) is 9.69 Å². The van der Waals surface area contributed by atoms with Crippen LogP contribution in [0.5, 0.6) is 0 Å². The summed E-state index contributed by atoms with van der Waals surface area (Å²) in [6, 6.07) is 9.07. The number of para-hydroxylation sites is 1. The van der Waals surface area contributed by atoms with Crippen LogP contribution in [0.15, 0.2) is 24.3 Å². The van der Waals surface area contributed by atoms with E-state index in [4.69, 9.17) is 0 Å². The molecule has 3 nitrogen and oxygen atoms in total. The first-order valence-electron chi connectivity index (χ1n) is 7.87. The summed E-state index contributed by atoms with van der Waals surface area (Å²) in [7, 11) is 2.10. The Kier molecular flexibility index (Phi) is 3.27. The number of hydrogen-bond donors (Lipinski definition) is 0. The van der Waals surface area contributed by atoms with Crippen LogP contribution in [0.2, 0.25) is 0 Å². The molecule has 1 amide bonds. The minimum atomic E-state index is 0.269. The van der Waals surface area contributed by atoms with Gasteiger partial charge < -0.3 is 4.90 Å². The highest BCUT2D eigenvalue weighted by Gasteiger charge is 2.52. The van der Waals surface area contributed by atoms with Gasteiger partial charge in [0.2, 0.25) is 5.91 Å². The topological polar surface area (TPSA) is 23.6 Å². The summed E-state index contributed by atoms with van der Waals surface area (Å²) in [4.78, 5) is 17.1. The number of nitrogens with zero attached hydrogens (tertiary/aromatic N) is 2. The lowest BCUT2D eigenvalue weighted by Gasteiger charge is -2.26. The van der Waals surface area contributed by atoms with Crippen molar-refractivity contribution in [2.24, 2.45) is 0 Å². The summed E-state index contributed by atoms with van der Waals surface area (Å²) < 4.78 is 0. The van der Waals surface area contributed by atoms with Gasteiger partial charge in [-0.25, -0.2) is 0 Å². The van der Waals surface area contributed by atoms with Crippen LogP contribution in [0.25, 0.3) is 0 Å². The third kappa shape index (κ3) is 2.29. The van der Waals surface area contributed by atoms with Crippen LogP contribution in [0.3, 0.4) is 0 Å². The van der Waals surface area contributed by atoms with Crippen LogP contribution in [-0.4, -0.2) is 48.5 Å². The lowest BCUT2D eigenvalue weighted by Crippen LogP contribution is -2.43. The molecule has 4 heteroatoms. The largest absolute Gasteiger partial charge is 0.310 e. The Morgan fingerprint density at radius 1 is 1.43 bits per heavy atom. The standard InChI is InChI=1S/C17H22N2OS/c1-18(13-6-9-21-11-13)10-16(20)19-12-17(7-8-17)14-4-2-3-5-15(14)19/h2-5,13H,6-12H2,1H3/t13-/m1/s1. The van der Waals surface area contributed by atoms with Crippen LogP contribution in [0, 0.1) is 0 Å². The number of carbonyl (C=O) groups is 1. The second-order valence-corrected chi connectivity index (χ2v) is 7.86. The molecular formula is C17H22N2OS. The van der Waals surface area contributed by atoms with Crippen LogP contribution >= 0.6 is 11.8 Å². The van der Waals surface area contributed by atoms with E-state index >= 15 is 0 Å². The molecule has 1 saturated carbocycles. The van der Waals surface area contributed by atoms with Crippen molar-refractivity contribution in [3.05, 3.63) is 29.8 Å². The van der Waals surface area contributed by atoms with Gasteiger partial charge in [0.05, 0.1) is 6.54 Å². The van der Waals surface area contributed by atoms with Gasteiger partial charge in [-0.05, 0) is 43.7 Å². The van der Waals surface area contributed by atoms with Crippen molar-refractivity contribution in [2.45, 2.75) is 30.7 Å². The molecule has 1 atom stereocenters. The predicted octanol–water partition coefficient (Wildman–Crippen LogP) is 2.50. The second kappa shape index (κ2) is 5.03. The number of anilines is 1. The van der Waals surface area contributed by atoms with E-state index in [1.807, 2.05) is 16.7 Å². The number of carbonyl (C=O) groups excluding carboxylic acids is 1. The number of fused-ring (bicyclic) bond motifs is 2. The minimum Gasteiger partial charge on any atom is -0.310 e. The molecule has 0 aromatic heterocycles. The zero-order valence-electron chi connectivity index (χ0n) is 12.5. The Labute approximate surface area is 130 Å². The van der Waals surface area contributed by atoms with Crippen molar-refractivity contribution >= 4 is 23.4 Å². The van der Waals surface area contributed by atoms with E-state index in [0.717, 1.165) is 12.2 Å². The lowest BCUT2D eigenvalue weighted by atomic mass is 9.99. The first-order valence-corrected chi connectivity index (χ1v) is 9.03. The predicted molar refractivity (Wildman–Crippen MR) is 88.1 cm³/mol. The Morgan fingerprint density at radius 2 is 2.24 bits per heavy atom. The Morgan fingerprint density at radius 3 is 2.95 bits per heavy atom. The summed E-state index contributed by atoms with van der Waals surface area (Å²) in [6.07, 6.45) is 3.70. The van der Waals surface area contributed by atoms with Gasteiger partial charge in [-0.15, -0.1) is 0 Å². The highest BCUT2D eigenvalue weighted by atomic mass is 32.2. The number of likely N-dealkylation sites (N-methyl/N-ethyl adjacent to an activating group) is 1. The van der Waals surface area contributed by atoms with Gasteiger partial charge >= 0.3 is 0 Å². The molecule has 1 aromatic carbocycles. The second-order valence-electron chi connectivity index (χ2n) is 6.71. The zero-order chi connectivity index (χ0) is 14.4. The Bertz CT molecular complexity index is 564. The van der Waals surface area contributed by atoms with Crippen molar-refractivity contribution < 1.29 is 4.79 Å². The number of benzene rings is 1. The summed E-state index contributed by atoms with van der Waals surface area (Å²) in [5.74, 6) is 2.68. The van der Waals surface area contributed by atoms with Crippen LogP contribution in [0.4, 0.5) is 5.69 Å². The molecule has 0 unspecified atom stereocenters. The molecule has 21 heavy (non-hydrogen) atoms. The smallest absolute Gasteiger partial charge is 0.241 e. The van der Waals surface area contributed by atoms with Crippen LogP contribution in [-0.2, 0) is 10.2 Å². The fraction of sp³-hybridized carbons (Fsp3) is 0.588.